The summed E-state index contributed by atoms with van der Waals surface area (Å²) in [6.45, 7) is 2.87. The van der Waals surface area contributed by atoms with Crippen LogP contribution >= 0.6 is 0 Å². The van der Waals surface area contributed by atoms with Gasteiger partial charge in [-0.3, -0.25) is 24.4 Å². The quantitative estimate of drug-likeness (QED) is 0.0466. The van der Waals surface area contributed by atoms with Crippen molar-refractivity contribution < 1.29 is 14.4 Å². The van der Waals surface area contributed by atoms with E-state index < -0.39 is 23.9 Å². The van der Waals surface area contributed by atoms with Gasteiger partial charge in [-0.25, -0.2) is 0 Å². The lowest BCUT2D eigenvalue weighted by Gasteiger charge is -2.22. The van der Waals surface area contributed by atoms with Crippen LogP contribution in [-0.2, 0) is 14.4 Å². The van der Waals surface area contributed by atoms with Crippen LogP contribution in [0.25, 0.3) is 0 Å². The maximum Gasteiger partial charge on any atom is 0.243 e. The number of guanidine groups is 2. The van der Waals surface area contributed by atoms with E-state index in [-0.39, 0.29) is 24.2 Å². The Kier molecular flexibility index (Phi) is 23.1. The molecule has 0 aliphatic carbocycles. The van der Waals surface area contributed by atoms with Gasteiger partial charge >= 0.3 is 0 Å². The van der Waals surface area contributed by atoms with Gasteiger partial charge < -0.3 is 39.3 Å². The SMILES string of the molecule is CCCCCCCCCCCCCCCC(=O)N[C@@H](CCCN=C(N)N)C(=O)N[C@@H](CCCN=C(N)N)C(N)=O. The van der Waals surface area contributed by atoms with E-state index in [0.717, 1.165) is 19.3 Å². The molecule has 0 aromatic heterocycles. The number of hydrogen-bond acceptors (Lipinski definition) is 5. The van der Waals surface area contributed by atoms with Crippen molar-refractivity contribution in [2.24, 2.45) is 38.7 Å². The maximum absolute atomic E-state index is 13.0. The Balaban J connectivity index is 4.48. The summed E-state index contributed by atoms with van der Waals surface area (Å²) >= 11 is 0. The standard InChI is InChI=1S/C28H57N9O3/c1-2-3-4-5-6-7-8-9-10-11-12-13-14-19-24(38)36-23(18-16-21-35-28(32)33)26(40)37-22(25(29)39)17-15-20-34-27(30)31/h22-23H,2-21H2,1H3,(H2,29,39)(H,36,38)(H,37,40)(H4,30,31,34)(H4,32,33,35)/t22-,23-/m0/s1. The molecule has 3 amide bonds. The number of unbranched alkanes of at least 4 members (excludes halogenated alkanes) is 12. The van der Waals surface area contributed by atoms with Crippen molar-refractivity contribution >= 4 is 29.6 Å². The third-order valence-corrected chi connectivity index (χ3v) is 6.71. The van der Waals surface area contributed by atoms with Gasteiger partial charge in [-0.05, 0) is 32.1 Å². The zero-order valence-corrected chi connectivity index (χ0v) is 24.8. The Morgan fingerprint density at radius 3 is 1.43 bits per heavy atom. The predicted molar refractivity (Wildman–Crippen MR) is 163 cm³/mol. The Labute approximate surface area is 241 Å². The monoisotopic (exact) mass is 567 g/mol. The average molecular weight is 568 g/mol. The highest BCUT2D eigenvalue weighted by Gasteiger charge is 2.25. The van der Waals surface area contributed by atoms with Crippen LogP contribution in [0, 0.1) is 0 Å². The van der Waals surface area contributed by atoms with E-state index in [4.69, 9.17) is 28.7 Å². The minimum absolute atomic E-state index is 0.0398. The van der Waals surface area contributed by atoms with E-state index in [0.29, 0.717) is 38.8 Å². The first kappa shape index (κ1) is 37.0. The van der Waals surface area contributed by atoms with Crippen LogP contribution in [0.5, 0.6) is 0 Å². The molecule has 40 heavy (non-hydrogen) atoms. The van der Waals surface area contributed by atoms with Gasteiger partial charge in [0.2, 0.25) is 17.7 Å². The van der Waals surface area contributed by atoms with Crippen molar-refractivity contribution in [2.75, 3.05) is 13.1 Å². The van der Waals surface area contributed by atoms with Gasteiger partial charge in [-0.2, -0.15) is 0 Å². The molecule has 0 saturated carbocycles. The molecule has 0 aromatic carbocycles. The molecule has 0 aromatic rings. The van der Waals surface area contributed by atoms with Crippen LogP contribution in [0.1, 0.15) is 122 Å². The van der Waals surface area contributed by atoms with Gasteiger partial charge in [0, 0.05) is 19.5 Å². The topological polar surface area (TPSA) is 230 Å². The molecule has 232 valence electrons. The van der Waals surface area contributed by atoms with Crippen molar-refractivity contribution in [3.05, 3.63) is 0 Å². The summed E-state index contributed by atoms with van der Waals surface area (Å²) in [6.07, 6.45) is 17.8. The molecule has 12 nitrogen and oxygen atoms in total. The summed E-state index contributed by atoms with van der Waals surface area (Å²) < 4.78 is 0. The van der Waals surface area contributed by atoms with Crippen LogP contribution in [0.3, 0.4) is 0 Å². The lowest BCUT2D eigenvalue weighted by atomic mass is 10.0. The number of primary amides is 1. The van der Waals surface area contributed by atoms with Crippen molar-refractivity contribution in [2.45, 2.75) is 135 Å². The summed E-state index contributed by atoms with van der Waals surface area (Å²) in [5, 5.41) is 5.46. The van der Waals surface area contributed by atoms with Crippen LogP contribution < -0.4 is 39.3 Å². The number of carbonyl (C=O) groups is 3. The number of carbonyl (C=O) groups excluding carboxylic acids is 3. The molecule has 0 saturated heterocycles. The molecule has 0 heterocycles. The van der Waals surface area contributed by atoms with E-state index in [9.17, 15) is 14.4 Å². The molecule has 12 heteroatoms. The molecular formula is C28H57N9O3. The number of aliphatic imine (C=N–C) groups is 2. The Morgan fingerprint density at radius 2 is 1.00 bits per heavy atom. The molecule has 0 rings (SSSR count). The molecule has 2 atom stereocenters. The Morgan fingerprint density at radius 1 is 0.575 bits per heavy atom. The molecule has 0 fully saturated rings. The second-order valence-electron chi connectivity index (χ2n) is 10.5. The lowest BCUT2D eigenvalue weighted by Crippen LogP contribution is -2.53. The molecule has 0 bridgehead atoms. The van der Waals surface area contributed by atoms with Crippen LogP contribution in [-0.4, -0.2) is 54.8 Å². The molecule has 0 aliphatic heterocycles. The van der Waals surface area contributed by atoms with Crippen molar-refractivity contribution in [1.29, 1.82) is 0 Å². The zero-order valence-electron chi connectivity index (χ0n) is 24.8. The number of hydrogen-bond donors (Lipinski definition) is 7. The smallest absolute Gasteiger partial charge is 0.243 e. The molecule has 0 radical (unpaired) electrons. The van der Waals surface area contributed by atoms with E-state index in [2.05, 4.69) is 27.5 Å². The van der Waals surface area contributed by atoms with Gasteiger partial charge in [0.25, 0.3) is 0 Å². The molecule has 0 spiro atoms. The van der Waals surface area contributed by atoms with Gasteiger partial charge in [0.15, 0.2) is 11.9 Å². The first-order valence-electron chi connectivity index (χ1n) is 15.2. The van der Waals surface area contributed by atoms with E-state index in [1.54, 1.807) is 0 Å². The molecule has 0 unspecified atom stereocenters. The summed E-state index contributed by atoms with van der Waals surface area (Å²) in [4.78, 5) is 45.2. The maximum atomic E-state index is 13.0. The van der Waals surface area contributed by atoms with Crippen molar-refractivity contribution in [3.63, 3.8) is 0 Å². The summed E-state index contributed by atoms with van der Waals surface area (Å²) in [6, 6.07) is -1.73. The predicted octanol–water partition coefficient (Wildman–Crippen LogP) is 2.03. The number of rotatable bonds is 26. The van der Waals surface area contributed by atoms with Gasteiger partial charge in [0.05, 0.1) is 0 Å². The first-order chi connectivity index (χ1) is 19.2. The molecule has 12 N–H and O–H groups in total. The van der Waals surface area contributed by atoms with E-state index in [1.165, 1.54) is 64.2 Å². The fraction of sp³-hybridized carbons (Fsp3) is 0.821. The van der Waals surface area contributed by atoms with E-state index >= 15 is 0 Å². The minimum Gasteiger partial charge on any atom is -0.370 e. The third kappa shape index (κ3) is 22.9. The zero-order chi connectivity index (χ0) is 30.0. The lowest BCUT2D eigenvalue weighted by molar-refractivity contribution is -0.131. The first-order valence-corrected chi connectivity index (χ1v) is 15.2. The highest BCUT2D eigenvalue weighted by atomic mass is 16.2. The third-order valence-electron chi connectivity index (χ3n) is 6.71. The number of amides is 3. The van der Waals surface area contributed by atoms with Gasteiger partial charge in [-0.15, -0.1) is 0 Å². The summed E-state index contributed by atoms with van der Waals surface area (Å²) in [7, 11) is 0. The van der Waals surface area contributed by atoms with Crippen LogP contribution in [0.15, 0.2) is 9.98 Å². The van der Waals surface area contributed by atoms with Crippen molar-refractivity contribution in [3.8, 4) is 0 Å². The molecule has 0 aliphatic rings. The highest BCUT2D eigenvalue weighted by Crippen LogP contribution is 2.13. The van der Waals surface area contributed by atoms with Crippen LogP contribution in [0.4, 0.5) is 0 Å². The fourth-order valence-corrected chi connectivity index (χ4v) is 4.40. The fourth-order valence-electron chi connectivity index (χ4n) is 4.40. The Hall–Kier alpha value is -3.05. The second-order valence-corrected chi connectivity index (χ2v) is 10.5. The highest BCUT2D eigenvalue weighted by molar-refractivity contribution is 5.91. The summed E-state index contributed by atoms with van der Waals surface area (Å²) in [5.41, 5.74) is 26.8. The van der Waals surface area contributed by atoms with Crippen LogP contribution in [0.2, 0.25) is 0 Å². The number of nitrogens with one attached hydrogen (secondary N) is 2. The largest absolute Gasteiger partial charge is 0.370 e. The normalized spacial score (nSPS) is 12.2. The van der Waals surface area contributed by atoms with Gasteiger partial charge in [0.1, 0.15) is 12.1 Å². The molecular weight excluding hydrogens is 510 g/mol. The average Bonchev–Trinajstić information content (AvgIpc) is 2.89. The van der Waals surface area contributed by atoms with E-state index in [1.807, 2.05) is 0 Å². The summed E-state index contributed by atoms with van der Waals surface area (Å²) in [5.74, 6) is -1.44. The minimum atomic E-state index is -0.903. The van der Waals surface area contributed by atoms with Gasteiger partial charge in [-0.1, -0.05) is 84.0 Å². The number of nitrogens with zero attached hydrogens (tertiary/aromatic N) is 2. The number of nitrogens with two attached hydrogens (primary N) is 5. The Bertz CT molecular complexity index is 751. The van der Waals surface area contributed by atoms with Crippen molar-refractivity contribution in [1.82, 2.24) is 10.6 Å². The second kappa shape index (κ2) is 25.0.